The second-order valence-electron chi connectivity index (χ2n) is 6.59. The topological polar surface area (TPSA) is 56.5 Å². The Morgan fingerprint density at radius 1 is 0.783 bits per heavy atom. The number of nitrogens with two attached hydrogens (primary N) is 1. The lowest BCUT2D eigenvalue weighted by Crippen LogP contribution is -2.40. The lowest BCUT2D eigenvalue weighted by Gasteiger charge is -2.27. The van der Waals surface area contributed by atoms with Crippen molar-refractivity contribution in [2.45, 2.75) is 84.2 Å². The van der Waals surface area contributed by atoms with Crippen LogP contribution in [0.15, 0.2) is 0 Å². The molecule has 0 radical (unpaired) electrons. The summed E-state index contributed by atoms with van der Waals surface area (Å²) in [6, 6.07) is 1.08. The molecule has 0 heterocycles. The second kappa shape index (κ2) is 16.9. The fourth-order valence-electron chi connectivity index (χ4n) is 2.58. The molecule has 0 spiro atoms. The summed E-state index contributed by atoms with van der Waals surface area (Å²) in [6.07, 6.45) is 11.2. The molecule has 140 valence electrons. The summed E-state index contributed by atoms with van der Waals surface area (Å²) in [5.41, 5.74) is 5.50. The number of nitrogens with one attached hydrogen (secondary N) is 1. The van der Waals surface area contributed by atoms with Crippen LogP contribution in [0.25, 0.3) is 0 Å². The number of rotatable bonds is 18. The van der Waals surface area contributed by atoms with Gasteiger partial charge in [-0.3, -0.25) is 0 Å². The van der Waals surface area contributed by atoms with E-state index in [-0.39, 0.29) is 0 Å². The molecule has 23 heavy (non-hydrogen) atoms. The molecule has 0 bridgehead atoms. The predicted molar refractivity (Wildman–Crippen MR) is 103 cm³/mol. The molecule has 0 saturated heterocycles. The van der Waals surface area contributed by atoms with Crippen LogP contribution in [0.2, 0.25) is 12.6 Å². The first-order valence-electron chi connectivity index (χ1n) is 9.87. The Labute approximate surface area is 146 Å². The largest absolute Gasteiger partial charge is 0.394 e. The van der Waals surface area contributed by atoms with Crippen LogP contribution in [0, 0.1) is 0 Å². The Bertz CT molecular complexity index is 207. The molecule has 0 rings (SSSR count). The van der Waals surface area contributed by atoms with Crippen LogP contribution in [0.5, 0.6) is 0 Å². The van der Waals surface area contributed by atoms with Gasteiger partial charge in [0.1, 0.15) is 0 Å². The summed E-state index contributed by atoms with van der Waals surface area (Å²) in [5, 5.41) is 3.36. The van der Waals surface area contributed by atoms with Gasteiger partial charge < -0.3 is 19.9 Å². The third-order valence-electron chi connectivity index (χ3n) is 4.12. The summed E-state index contributed by atoms with van der Waals surface area (Å²) in [5.74, 6) is 0. The third-order valence-corrected chi connectivity index (χ3v) is 7.01. The van der Waals surface area contributed by atoms with E-state index in [0.717, 1.165) is 38.8 Å². The zero-order chi connectivity index (χ0) is 17.2. The fraction of sp³-hybridized carbons (Fsp3) is 1.00. The summed E-state index contributed by atoms with van der Waals surface area (Å²) >= 11 is 0. The Balaban J connectivity index is 4.00. The van der Waals surface area contributed by atoms with E-state index in [1.54, 1.807) is 0 Å². The molecule has 0 aromatic carbocycles. The SMILES string of the molecule is CCCCCCO[Si](C)(CCCNCCN)OCCCCCC. The smallest absolute Gasteiger partial charge is 0.334 e. The van der Waals surface area contributed by atoms with Gasteiger partial charge in [-0.1, -0.05) is 52.4 Å². The van der Waals surface area contributed by atoms with Gasteiger partial charge in [0, 0.05) is 26.3 Å². The molecular weight excluding hydrogens is 304 g/mol. The van der Waals surface area contributed by atoms with Gasteiger partial charge in [0.05, 0.1) is 0 Å². The van der Waals surface area contributed by atoms with Gasteiger partial charge in [-0.05, 0) is 38.4 Å². The van der Waals surface area contributed by atoms with Gasteiger partial charge in [0.25, 0.3) is 0 Å². The van der Waals surface area contributed by atoms with E-state index < -0.39 is 8.56 Å². The van der Waals surface area contributed by atoms with Gasteiger partial charge in [-0.2, -0.15) is 0 Å². The van der Waals surface area contributed by atoms with Gasteiger partial charge in [-0.25, -0.2) is 0 Å². The molecule has 0 amide bonds. The molecule has 0 aromatic rings. The highest BCUT2D eigenvalue weighted by Gasteiger charge is 2.30. The van der Waals surface area contributed by atoms with E-state index in [1.165, 1.54) is 51.4 Å². The molecule has 0 aromatic heterocycles. The molecule has 0 saturated carbocycles. The van der Waals surface area contributed by atoms with Crippen LogP contribution in [-0.4, -0.2) is 41.4 Å². The van der Waals surface area contributed by atoms with Gasteiger partial charge in [0.15, 0.2) is 0 Å². The third kappa shape index (κ3) is 15.3. The standard InChI is InChI=1S/C18H42N2O2Si/c1-4-6-8-10-16-21-23(3,18-12-14-20-15-13-19)22-17-11-9-7-5-2/h20H,4-19H2,1-3H3. The number of hydrogen-bond donors (Lipinski definition) is 2. The van der Waals surface area contributed by atoms with E-state index in [4.69, 9.17) is 14.6 Å². The molecule has 0 aliphatic carbocycles. The zero-order valence-electron chi connectivity index (χ0n) is 16.0. The van der Waals surface area contributed by atoms with Crippen molar-refractivity contribution >= 4 is 8.56 Å². The zero-order valence-corrected chi connectivity index (χ0v) is 17.0. The molecule has 0 aliphatic heterocycles. The molecule has 3 N–H and O–H groups in total. The fourth-order valence-corrected chi connectivity index (χ4v) is 4.92. The van der Waals surface area contributed by atoms with E-state index in [2.05, 4.69) is 25.7 Å². The highest BCUT2D eigenvalue weighted by Crippen LogP contribution is 2.18. The van der Waals surface area contributed by atoms with Gasteiger partial charge >= 0.3 is 8.56 Å². The minimum Gasteiger partial charge on any atom is -0.394 e. The molecular formula is C18H42N2O2Si. The summed E-state index contributed by atoms with van der Waals surface area (Å²) in [6.45, 7) is 11.1. The van der Waals surface area contributed by atoms with Crippen molar-refractivity contribution in [3.63, 3.8) is 0 Å². The van der Waals surface area contributed by atoms with Crippen molar-refractivity contribution in [2.24, 2.45) is 5.73 Å². The average Bonchev–Trinajstić information content (AvgIpc) is 2.54. The van der Waals surface area contributed by atoms with Gasteiger partial charge in [-0.15, -0.1) is 0 Å². The monoisotopic (exact) mass is 346 g/mol. The minimum atomic E-state index is -2.00. The van der Waals surface area contributed by atoms with Crippen molar-refractivity contribution in [1.29, 1.82) is 0 Å². The van der Waals surface area contributed by atoms with Crippen LogP contribution in [0.4, 0.5) is 0 Å². The molecule has 0 fully saturated rings. The summed E-state index contributed by atoms with van der Waals surface area (Å²) in [4.78, 5) is 0. The maximum absolute atomic E-state index is 6.25. The molecule has 0 aliphatic rings. The maximum Gasteiger partial charge on any atom is 0.334 e. The lowest BCUT2D eigenvalue weighted by molar-refractivity contribution is 0.166. The highest BCUT2D eigenvalue weighted by molar-refractivity contribution is 6.66. The average molecular weight is 347 g/mol. The van der Waals surface area contributed by atoms with Crippen LogP contribution >= 0.6 is 0 Å². The molecule has 0 unspecified atom stereocenters. The molecule has 0 atom stereocenters. The van der Waals surface area contributed by atoms with Crippen molar-refractivity contribution in [2.75, 3.05) is 32.8 Å². The van der Waals surface area contributed by atoms with E-state index in [1.807, 2.05) is 0 Å². The molecule has 4 nitrogen and oxygen atoms in total. The molecule has 5 heteroatoms. The van der Waals surface area contributed by atoms with Crippen molar-refractivity contribution < 1.29 is 8.85 Å². The quantitative estimate of drug-likeness (QED) is 0.289. The van der Waals surface area contributed by atoms with E-state index in [0.29, 0.717) is 6.54 Å². The highest BCUT2D eigenvalue weighted by atomic mass is 28.4. The van der Waals surface area contributed by atoms with Crippen LogP contribution in [-0.2, 0) is 8.85 Å². The van der Waals surface area contributed by atoms with Crippen molar-refractivity contribution in [3.8, 4) is 0 Å². The predicted octanol–water partition coefficient (Wildman–Crippen LogP) is 4.19. The lowest BCUT2D eigenvalue weighted by atomic mass is 10.2. The summed E-state index contributed by atoms with van der Waals surface area (Å²) < 4.78 is 12.5. The number of hydrogen-bond acceptors (Lipinski definition) is 4. The van der Waals surface area contributed by atoms with Crippen LogP contribution < -0.4 is 11.1 Å². The Morgan fingerprint density at radius 3 is 1.83 bits per heavy atom. The van der Waals surface area contributed by atoms with Crippen molar-refractivity contribution in [1.82, 2.24) is 5.32 Å². The maximum atomic E-state index is 6.25. The van der Waals surface area contributed by atoms with Crippen LogP contribution in [0.1, 0.15) is 71.6 Å². The number of unbranched alkanes of at least 4 members (excludes halogenated alkanes) is 6. The van der Waals surface area contributed by atoms with Gasteiger partial charge in [0.2, 0.25) is 0 Å². The Kier molecular flexibility index (Phi) is 16.9. The Hall–Kier alpha value is 0.0569. The first-order valence-corrected chi connectivity index (χ1v) is 12.4. The normalized spacial score (nSPS) is 12.0. The van der Waals surface area contributed by atoms with E-state index >= 15 is 0 Å². The first-order chi connectivity index (χ1) is 11.2. The first kappa shape index (κ1) is 23.1. The minimum absolute atomic E-state index is 0.705. The Morgan fingerprint density at radius 2 is 1.35 bits per heavy atom. The summed E-state index contributed by atoms with van der Waals surface area (Å²) in [7, 11) is -2.00. The van der Waals surface area contributed by atoms with Crippen molar-refractivity contribution in [3.05, 3.63) is 0 Å². The van der Waals surface area contributed by atoms with E-state index in [9.17, 15) is 0 Å². The van der Waals surface area contributed by atoms with Crippen LogP contribution in [0.3, 0.4) is 0 Å². The second-order valence-corrected chi connectivity index (χ2v) is 9.94.